The SMILES string of the molecule is CC(C)CN(CC(C)C)c1ccc(CO)cc1. The van der Waals surface area contributed by atoms with Crippen molar-refractivity contribution in [2.75, 3.05) is 18.0 Å². The van der Waals surface area contributed by atoms with Crippen LogP contribution in [0.25, 0.3) is 0 Å². The van der Waals surface area contributed by atoms with E-state index in [2.05, 4.69) is 44.7 Å². The lowest BCUT2D eigenvalue weighted by Crippen LogP contribution is -2.31. The van der Waals surface area contributed by atoms with Crippen LogP contribution in [-0.4, -0.2) is 18.2 Å². The van der Waals surface area contributed by atoms with E-state index < -0.39 is 0 Å². The van der Waals surface area contributed by atoms with Crippen LogP contribution in [0.1, 0.15) is 33.3 Å². The smallest absolute Gasteiger partial charge is 0.0681 e. The van der Waals surface area contributed by atoms with Crippen LogP contribution in [0.5, 0.6) is 0 Å². The summed E-state index contributed by atoms with van der Waals surface area (Å²) >= 11 is 0. The molecule has 0 aliphatic heterocycles. The van der Waals surface area contributed by atoms with Gasteiger partial charge in [-0.15, -0.1) is 0 Å². The Bertz CT molecular complexity index is 306. The zero-order valence-electron chi connectivity index (χ0n) is 11.5. The van der Waals surface area contributed by atoms with Gasteiger partial charge in [-0.2, -0.15) is 0 Å². The Morgan fingerprint density at radius 3 is 1.76 bits per heavy atom. The van der Waals surface area contributed by atoms with Gasteiger partial charge in [-0.1, -0.05) is 39.8 Å². The third-order valence-corrected chi connectivity index (χ3v) is 2.66. The summed E-state index contributed by atoms with van der Waals surface area (Å²) in [6.45, 7) is 11.3. The van der Waals surface area contributed by atoms with Crippen molar-refractivity contribution in [3.8, 4) is 0 Å². The largest absolute Gasteiger partial charge is 0.392 e. The van der Waals surface area contributed by atoms with Crippen molar-refractivity contribution in [2.24, 2.45) is 11.8 Å². The zero-order chi connectivity index (χ0) is 12.8. The lowest BCUT2D eigenvalue weighted by molar-refractivity contribution is 0.282. The summed E-state index contributed by atoms with van der Waals surface area (Å²) in [5, 5.41) is 9.04. The van der Waals surface area contributed by atoms with E-state index in [9.17, 15) is 0 Å². The van der Waals surface area contributed by atoms with Crippen LogP contribution < -0.4 is 4.90 Å². The molecule has 0 unspecified atom stereocenters. The quantitative estimate of drug-likeness (QED) is 0.818. The highest BCUT2D eigenvalue weighted by Gasteiger charge is 2.10. The molecule has 0 fully saturated rings. The van der Waals surface area contributed by atoms with Crippen LogP contribution in [0.3, 0.4) is 0 Å². The van der Waals surface area contributed by atoms with Gasteiger partial charge in [0.2, 0.25) is 0 Å². The first-order chi connectivity index (χ1) is 8.02. The molecule has 1 aromatic carbocycles. The summed E-state index contributed by atoms with van der Waals surface area (Å²) in [6.07, 6.45) is 0. The molecule has 1 aromatic rings. The summed E-state index contributed by atoms with van der Waals surface area (Å²) in [7, 11) is 0. The Kier molecular flexibility index (Phi) is 5.49. The second-order valence-corrected chi connectivity index (χ2v) is 5.52. The number of rotatable bonds is 6. The topological polar surface area (TPSA) is 23.5 Å². The van der Waals surface area contributed by atoms with Gasteiger partial charge in [0.15, 0.2) is 0 Å². The molecule has 0 saturated carbocycles. The van der Waals surface area contributed by atoms with Crippen molar-refractivity contribution in [2.45, 2.75) is 34.3 Å². The average Bonchev–Trinajstić information content (AvgIpc) is 2.27. The van der Waals surface area contributed by atoms with Gasteiger partial charge in [0.25, 0.3) is 0 Å². The number of aliphatic hydroxyl groups excluding tert-OH is 1. The molecule has 0 aromatic heterocycles. The van der Waals surface area contributed by atoms with Gasteiger partial charge in [-0.25, -0.2) is 0 Å². The predicted molar refractivity (Wildman–Crippen MR) is 74.3 cm³/mol. The fourth-order valence-electron chi connectivity index (χ4n) is 1.98. The second-order valence-electron chi connectivity index (χ2n) is 5.52. The molecule has 2 nitrogen and oxygen atoms in total. The van der Waals surface area contributed by atoms with E-state index in [4.69, 9.17) is 5.11 Å². The maximum absolute atomic E-state index is 9.04. The van der Waals surface area contributed by atoms with E-state index in [1.807, 2.05) is 12.1 Å². The van der Waals surface area contributed by atoms with Crippen LogP contribution in [-0.2, 0) is 6.61 Å². The van der Waals surface area contributed by atoms with Crippen molar-refractivity contribution in [1.29, 1.82) is 0 Å². The van der Waals surface area contributed by atoms with Gasteiger partial charge in [0.1, 0.15) is 0 Å². The first-order valence-electron chi connectivity index (χ1n) is 6.47. The first kappa shape index (κ1) is 14.0. The minimum absolute atomic E-state index is 0.120. The molecule has 0 amide bonds. The average molecular weight is 235 g/mol. The standard InChI is InChI=1S/C15H25NO/c1-12(2)9-16(10-13(3)4)15-7-5-14(11-17)6-8-15/h5-8,12-13,17H,9-11H2,1-4H3. The van der Waals surface area contributed by atoms with Crippen LogP contribution in [0.2, 0.25) is 0 Å². The van der Waals surface area contributed by atoms with E-state index in [1.54, 1.807) is 0 Å². The summed E-state index contributed by atoms with van der Waals surface area (Å²) in [5.41, 5.74) is 2.23. The molecule has 0 atom stereocenters. The van der Waals surface area contributed by atoms with Gasteiger partial charge in [0, 0.05) is 18.8 Å². The Labute approximate surface area is 105 Å². The van der Waals surface area contributed by atoms with Crippen LogP contribution in [0, 0.1) is 11.8 Å². The van der Waals surface area contributed by atoms with Crippen molar-refractivity contribution >= 4 is 5.69 Å². The summed E-state index contributed by atoms with van der Waals surface area (Å²) in [6, 6.07) is 8.22. The van der Waals surface area contributed by atoms with E-state index in [1.165, 1.54) is 5.69 Å². The maximum atomic E-state index is 9.04. The minimum atomic E-state index is 0.120. The number of hydrogen-bond donors (Lipinski definition) is 1. The highest BCUT2D eigenvalue weighted by molar-refractivity contribution is 5.47. The molecular weight excluding hydrogens is 210 g/mol. The third-order valence-electron chi connectivity index (χ3n) is 2.66. The molecule has 0 bridgehead atoms. The van der Waals surface area contributed by atoms with Crippen molar-refractivity contribution in [3.05, 3.63) is 29.8 Å². The maximum Gasteiger partial charge on any atom is 0.0681 e. The molecule has 1 N–H and O–H groups in total. The molecule has 0 aliphatic carbocycles. The van der Waals surface area contributed by atoms with E-state index in [-0.39, 0.29) is 6.61 Å². The van der Waals surface area contributed by atoms with Gasteiger partial charge >= 0.3 is 0 Å². The minimum Gasteiger partial charge on any atom is -0.392 e. The number of aliphatic hydroxyl groups is 1. The van der Waals surface area contributed by atoms with Crippen LogP contribution >= 0.6 is 0 Å². The number of benzene rings is 1. The molecule has 96 valence electrons. The second kappa shape index (κ2) is 6.65. The number of hydrogen-bond acceptors (Lipinski definition) is 2. The third kappa shape index (κ3) is 4.78. The Hall–Kier alpha value is -1.02. The molecule has 17 heavy (non-hydrogen) atoms. The summed E-state index contributed by atoms with van der Waals surface area (Å²) < 4.78 is 0. The van der Waals surface area contributed by atoms with E-state index >= 15 is 0 Å². The van der Waals surface area contributed by atoms with Crippen LogP contribution in [0.15, 0.2) is 24.3 Å². The number of nitrogens with zero attached hydrogens (tertiary/aromatic N) is 1. The van der Waals surface area contributed by atoms with Crippen molar-refractivity contribution in [1.82, 2.24) is 0 Å². The van der Waals surface area contributed by atoms with Gasteiger partial charge in [0.05, 0.1) is 6.61 Å². The van der Waals surface area contributed by atoms with Crippen molar-refractivity contribution < 1.29 is 5.11 Å². The molecule has 0 heterocycles. The molecular formula is C15H25NO. The lowest BCUT2D eigenvalue weighted by atomic mass is 10.1. The molecule has 2 heteroatoms. The fraction of sp³-hybridized carbons (Fsp3) is 0.600. The monoisotopic (exact) mass is 235 g/mol. The Balaban J connectivity index is 2.79. The fourth-order valence-corrected chi connectivity index (χ4v) is 1.98. The van der Waals surface area contributed by atoms with Gasteiger partial charge < -0.3 is 10.0 Å². The summed E-state index contributed by atoms with van der Waals surface area (Å²) in [4.78, 5) is 2.43. The van der Waals surface area contributed by atoms with Crippen molar-refractivity contribution in [3.63, 3.8) is 0 Å². The normalized spacial score (nSPS) is 11.2. The molecule has 0 spiro atoms. The van der Waals surface area contributed by atoms with Crippen LogP contribution in [0.4, 0.5) is 5.69 Å². The van der Waals surface area contributed by atoms with Gasteiger partial charge in [-0.3, -0.25) is 0 Å². The number of anilines is 1. The van der Waals surface area contributed by atoms with Gasteiger partial charge in [-0.05, 0) is 29.5 Å². The predicted octanol–water partition coefficient (Wildman–Crippen LogP) is 3.30. The molecule has 0 aliphatic rings. The summed E-state index contributed by atoms with van der Waals surface area (Å²) in [5.74, 6) is 1.32. The lowest BCUT2D eigenvalue weighted by Gasteiger charge is -2.28. The highest BCUT2D eigenvalue weighted by Crippen LogP contribution is 2.18. The van der Waals surface area contributed by atoms with E-state index in [0.29, 0.717) is 11.8 Å². The van der Waals surface area contributed by atoms with E-state index in [0.717, 1.165) is 18.7 Å². The highest BCUT2D eigenvalue weighted by atomic mass is 16.3. The Morgan fingerprint density at radius 2 is 1.41 bits per heavy atom. The first-order valence-corrected chi connectivity index (χ1v) is 6.47. The zero-order valence-corrected chi connectivity index (χ0v) is 11.5. The Morgan fingerprint density at radius 1 is 0.941 bits per heavy atom. The molecule has 0 radical (unpaired) electrons. The molecule has 1 rings (SSSR count). The molecule has 0 saturated heterocycles.